The van der Waals surface area contributed by atoms with E-state index < -0.39 is 10.0 Å². The fraction of sp³-hybridized carbons (Fsp3) is 0.875. The van der Waals surface area contributed by atoms with Gasteiger partial charge in [-0.05, 0) is 17.3 Å². The molecule has 0 aliphatic rings. The van der Waals surface area contributed by atoms with Crippen LogP contribution in [0.15, 0.2) is 0 Å². The molecule has 0 fully saturated rings. The summed E-state index contributed by atoms with van der Waals surface area (Å²) >= 11 is 0. The maximum Gasteiger partial charge on any atom is 0.0715 e. The molecule has 1 nitrogen and oxygen atoms in total. The molecule has 2 heteroatoms. The van der Waals surface area contributed by atoms with E-state index in [-0.39, 0.29) is 0 Å². The van der Waals surface area contributed by atoms with Crippen LogP contribution in [0.4, 0.5) is 0 Å². The number of nitrogens with zero attached hydrogens (tertiary/aromatic N) is 1. The second-order valence-corrected chi connectivity index (χ2v) is 6.86. The first kappa shape index (κ1) is 9.84. The zero-order valence-electron chi connectivity index (χ0n) is 7.18. The third-order valence-electron chi connectivity index (χ3n) is 2.21. The molecule has 0 aliphatic heterocycles. The highest BCUT2D eigenvalue weighted by molar-refractivity contribution is 8.33. The summed E-state index contributed by atoms with van der Waals surface area (Å²) in [5, 5.41) is 8.57. The Bertz CT molecular complexity index is 113. The van der Waals surface area contributed by atoms with Crippen molar-refractivity contribution in [2.75, 3.05) is 23.0 Å². The summed E-state index contributed by atoms with van der Waals surface area (Å²) in [6, 6.07) is 2.30. The van der Waals surface area contributed by atoms with Gasteiger partial charge in [-0.2, -0.15) is 5.26 Å². The summed E-state index contributed by atoms with van der Waals surface area (Å²) in [7, 11) is -0.521. The minimum Gasteiger partial charge on any atom is -0.229 e. The van der Waals surface area contributed by atoms with Gasteiger partial charge < -0.3 is 0 Å². The van der Waals surface area contributed by atoms with Gasteiger partial charge in [0.25, 0.3) is 0 Å². The van der Waals surface area contributed by atoms with Crippen LogP contribution in [-0.4, -0.2) is 23.0 Å². The predicted molar refractivity (Wildman–Crippen MR) is 49.7 cm³/mol. The Morgan fingerprint density at radius 1 is 1.10 bits per heavy atom. The Labute approximate surface area is 65.7 Å². The van der Waals surface area contributed by atoms with Gasteiger partial charge in [0.1, 0.15) is 0 Å². The lowest BCUT2D eigenvalue weighted by molar-refractivity contribution is 1.32. The summed E-state index contributed by atoms with van der Waals surface area (Å²) in [5.41, 5.74) is 0. The van der Waals surface area contributed by atoms with Crippen LogP contribution in [0.5, 0.6) is 0 Å². The van der Waals surface area contributed by atoms with Gasteiger partial charge in [0.05, 0.1) is 11.8 Å². The first-order valence-corrected chi connectivity index (χ1v) is 6.16. The Balaban J connectivity index is 4.04. The second-order valence-electron chi connectivity index (χ2n) is 2.39. The molecule has 0 aromatic heterocycles. The summed E-state index contributed by atoms with van der Waals surface area (Å²) in [5.74, 6) is 4.45. The van der Waals surface area contributed by atoms with E-state index in [9.17, 15) is 0 Å². The van der Waals surface area contributed by atoms with Crippen molar-refractivity contribution in [3.05, 3.63) is 0 Å². The Hall–Kier alpha value is -0.160. The quantitative estimate of drug-likeness (QED) is 0.618. The lowest BCUT2D eigenvalue weighted by Crippen LogP contribution is -2.11. The average molecular weight is 159 g/mol. The fourth-order valence-electron chi connectivity index (χ4n) is 1.06. The van der Waals surface area contributed by atoms with E-state index in [2.05, 4.69) is 26.8 Å². The molecule has 0 bridgehead atoms. The molecule has 0 saturated heterocycles. The van der Waals surface area contributed by atoms with Gasteiger partial charge in [-0.15, -0.1) is 0 Å². The normalized spacial score (nSPS) is 12.6. The smallest absolute Gasteiger partial charge is 0.0715 e. The average Bonchev–Trinajstić information content (AvgIpc) is 2.01. The highest BCUT2D eigenvalue weighted by Crippen LogP contribution is 2.45. The topological polar surface area (TPSA) is 23.8 Å². The summed E-state index contributed by atoms with van der Waals surface area (Å²) in [4.78, 5) is 0. The van der Waals surface area contributed by atoms with Gasteiger partial charge >= 0.3 is 0 Å². The lowest BCUT2D eigenvalue weighted by atomic mass is 10.9. The van der Waals surface area contributed by atoms with E-state index in [1.54, 1.807) is 0 Å². The van der Waals surface area contributed by atoms with Gasteiger partial charge in [-0.1, -0.05) is 20.8 Å². The fourth-order valence-corrected chi connectivity index (χ4v) is 3.17. The van der Waals surface area contributed by atoms with Crippen molar-refractivity contribution in [3.8, 4) is 6.07 Å². The number of rotatable bonds is 4. The molecule has 10 heavy (non-hydrogen) atoms. The molecule has 0 atom stereocenters. The minimum atomic E-state index is -0.521. The standard InChI is InChI=1S/C8H17NS/c1-4-10(5-2,6-3)8-7-9/h4-6,8H2,1-3H3. The van der Waals surface area contributed by atoms with E-state index in [1.807, 2.05) is 0 Å². The second kappa shape index (κ2) is 4.62. The predicted octanol–water partition coefficient (Wildman–Crippen LogP) is 2.37. The monoisotopic (exact) mass is 159 g/mol. The number of hydrogen-bond acceptors (Lipinski definition) is 1. The van der Waals surface area contributed by atoms with Gasteiger partial charge in [0, 0.05) is 0 Å². The van der Waals surface area contributed by atoms with Crippen molar-refractivity contribution in [2.24, 2.45) is 0 Å². The van der Waals surface area contributed by atoms with Crippen LogP contribution in [0, 0.1) is 11.3 Å². The molecule has 0 unspecified atom stereocenters. The van der Waals surface area contributed by atoms with Crippen molar-refractivity contribution in [2.45, 2.75) is 20.8 Å². The third-order valence-corrected chi connectivity index (χ3v) is 6.62. The third kappa shape index (κ3) is 2.22. The molecule has 0 heterocycles. The summed E-state index contributed by atoms with van der Waals surface area (Å²) < 4.78 is 0. The summed E-state index contributed by atoms with van der Waals surface area (Å²) in [6.07, 6.45) is 0. The van der Waals surface area contributed by atoms with Crippen LogP contribution < -0.4 is 0 Å². The first-order valence-electron chi connectivity index (χ1n) is 3.85. The molecule has 0 aromatic rings. The van der Waals surface area contributed by atoms with E-state index in [1.165, 1.54) is 17.3 Å². The van der Waals surface area contributed by atoms with Crippen molar-refractivity contribution in [1.29, 1.82) is 5.26 Å². The van der Waals surface area contributed by atoms with Crippen molar-refractivity contribution in [1.82, 2.24) is 0 Å². The highest BCUT2D eigenvalue weighted by Gasteiger charge is 2.15. The molecule has 0 aromatic carbocycles. The zero-order valence-corrected chi connectivity index (χ0v) is 8.00. The summed E-state index contributed by atoms with van der Waals surface area (Å²) in [6.45, 7) is 6.62. The Morgan fingerprint density at radius 2 is 1.50 bits per heavy atom. The molecular formula is C8H17NS. The minimum absolute atomic E-state index is 0.521. The van der Waals surface area contributed by atoms with E-state index in [0.717, 1.165) is 5.75 Å². The molecule has 0 saturated carbocycles. The molecule has 0 spiro atoms. The van der Waals surface area contributed by atoms with Crippen LogP contribution in [0.3, 0.4) is 0 Å². The van der Waals surface area contributed by atoms with Gasteiger partial charge in [-0.3, -0.25) is 0 Å². The molecule has 0 rings (SSSR count). The van der Waals surface area contributed by atoms with Crippen LogP contribution in [-0.2, 0) is 0 Å². The van der Waals surface area contributed by atoms with E-state index in [0.29, 0.717) is 0 Å². The largest absolute Gasteiger partial charge is 0.229 e. The Kier molecular flexibility index (Phi) is 4.55. The zero-order chi connectivity index (χ0) is 8.04. The van der Waals surface area contributed by atoms with Crippen molar-refractivity contribution < 1.29 is 0 Å². The maximum absolute atomic E-state index is 8.57. The first-order chi connectivity index (χ1) is 4.74. The van der Waals surface area contributed by atoms with Crippen LogP contribution >= 0.6 is 10.0 Å². The van der Waals surface area contributed by atoms with E-state index >= 15 is 0 Å². The SMILES string of the molecule is CCS(CC)(CC)CC#N. The van der Waals surface area contributed by atoms with Gasteiger partial charge in [0.15, 0.2) is 0 Å². The van der Waals surface area contributed by atoms with Gasteiger partial charge in [-0.25, -0.2) is 10.0 Å². The molecule has 0 radical (unpaired) electrons. The van der Waals surface area contributed by atoms with Crippen LogP contribution in [0.25, 0.3) is 0 Å². The lowest BCUT2D eigenvalue weighted by Gasteiger charge is -2.34. The van der Waals surface area contributed by atoms with E-state index in [4.69, 9.17) is 5.26 Å². The Morgan fingerprint density at radius 3 is 1.60 bits per heavy atom. The highest BCUT2D eigenvalue weighted by atomic mass is 32.3. The molecular weight excluding hydrogens is 142 g/mol. The molecule has 0 aliphatic carbocycles. The van der Waals surface area contributed by atoms with Crippen LogP contribution in [0.1, 0.15) is 20.8 Å². The maximum atomic E-state index is 8.57. The molecule has 60 valence electrons. The molecule has 0 N–H and O–H groups in total. The molecule has 0 amide bonds. The van der Waals surface area contributed by atoms with Crippen LogP contribution in [0.2, 0.25) is 0 Å². The number of hydrogen-bond donors (Lipinski definition) is 0. The number of nitriles is 1. The van der Waals surface area contributed by atoms with Gasteiger partial charge in [0.2, 0.25) is 0 Å². The van der Waals surface area contributed by atoms with Crippen molar-refractivity contribution in [3.63, 3.8) is 0 Å². The van der Waals surface area contributed by atoms with Crippen molar-refractivity contribution >= 4 is 10.0 Å².